The molecule has 0 spiro atoms. The van der Waals surface area contributed by atoms with E-state index in [2.05, 4.69) is 19.1 Å². The standard InChI is InChI=1S/C22H23NO2/c1-15(9-11-23)17-3-5-18(6-4-17)21(24)13-16(2)19-7-8-22-20(14-19)10-12-25-22/h3-9,11,14,16,23H,10,12-13H2,1-2H3/b15-9+,23-11?. The van der Waals surface area contributed by atoms with Crippen LogP contribution in [0.3, 0.4) is 0 Å². The largest absolute Gasteiger partial charge is 0.493 e. The Morgan fingerprint density at radius 2 is 1.92 bits per heavy atom. The van der Waals surface area contributed by atoms with Gasteiger partial charge in [0.2, 0.25) is 0 Å². The SMILES string of the molecule is C/C(=C\C=N)c1ccc(C(=O)CC(C)c2ccc3c(c2)CCO3)cc1. The molecule has 0 amide bonds. The fraction of sp³-hybridized carbons (Fsp3) is 0.273. The first-order chi connectivity index (χ1) is 12.1. The van der Waals surface area contributed by atoms with Gasteiger partial charge in [-0.2, -0.15) is 0 Å². The monoisotopic (exact) mass is 333 g/mol. The summed E-state index contributed by atoms with van der Waals surface area (Å²) in [6, 6.07) is 13.9. The van der Waals surface area contributed by atoms with E-state index in [1.54, 1.807) is 6.08 Å². The number of nitrogens with one attached hydrogen (secondary N) is 1. The topological polar surface area (TPSA) is 50.2 Å². The number of Topliss-reactive ketones (excluding diaryl/α,β-unsaturated/α-hetero) is 1. The van der Waals surface area contributed by atoms with E-state index in [9.17, 15) is 4.79 Å². The molecule has 1 heterocycles. The van der Waals surface area contributed by atoms with E-state index in [4.69, 9.17) is 10.1 Å². The molecule has 0 saturated heterocycles. The number of hydrogen-bond acceptors (Lipinski definition) is 3. The molecule has 3 heteroatoms. The van der Waals surface area contributed by atoms with Gasteiger partial charge in [0.05, 0.1) is 6.61 Å². The summed E-state index contributed by atoms with van der Waals surface area (Å²) < 4.78 is 5.55. The summed E-state index contributed by atoms with van der Waals surface area (Å²) in [5, 5.41) is 7.13. The lowest BCUT2D eigenvalue weighted by atomic mass is 9.91. The molecule has 0 aliphatic carbocycles. The molecule has 1 N–H and O–H groups in total. The molecule has 0 fully saturated rings. The number of hydrogen-bond donors (Lipinski definition) is 1. The molecule has 0 saturated carbocycles. The molecule has 1 aliphatic rings. The van der Waals surface area contributed by atoms with Gasteiger partial charge in [-0.05, 0) is 47.2 Å². The second-order valence-electron chi connectivity index (χ2n) is 6.59. The first-order valence-corrected chi connectivity index (χ1v) is 8.65. The summed E-state index contributed by atoms with van der Waals surface area (Å²) in [5.74, 6) is 1.31. The normalized spacial score (nSPS) is 14.6. The van der Waals surface area contributed by atoms with Crippen molar-refractivity contribution in [2.45, 2.75) is 32.6 Å². The number of fused-ring (bicyclic) bond motifs is 1. The lowest BCUT2D eigenvalue weighted by molar-refractivity contribution is 0.0975. The smallest absolute Gasteiger partial charge is 0.163 e. The number of carbonyl (C=O) groups excluding carboxylic acids is 1. The van der Waals surface area contributed by atoms with Crippen molar-refractivity contribution in [3.8, 4) is 5.75 Å². The Kier molecular flexibility index (Phi) is 5.13. The van der Waals surface area contributed by atoms with Crippen molar-refractivity contribution >= 4 is 17.6 Å². The highest BCUT2D eigenvalue weighted by atomic mass is 16.5. The predicted octanol–water partition coefficient (Wildman–Crippen LogP) is 5.05. The number of carbonyl (C=O) groups is 1. The van der Waals surface area contributed by atoms with Gasteiger partial charge in [-0.1, -0.05) is 43.3 Å². The fourth-order valence-electron chi connectivity index (χ4n) is 3.17. The number of ether oxygens (including phenoxy) is 1. The third kappa shape index (κ3) is 3.87. The maximum atomic E-state index is 12.6. The first-order valence-electron chi connectivity index (χ1n) is 8.65. The minimum absolute atomic E-state index is 0.157. The molecular weight excluding hydrogens is 310 g/mol. The average molecular weight is 333 g/mol. The maximum absolute atomic E-state index is 12.6. The minimum Gasteiger partial charge on any atom is -0.493 e. The van der Waals surface area contributed by atoms with Crippen LogP contribution in [-0.4, -0.2) is 18.6 Å². The molecule has 128 valence electrons. The van der Waals surface area contributed by atoms with Gasteiger partial charge in [0.25, 0.3) is 0 Å². The van der Waals surface area contributed by atoms with Gasteiger partial charge in [-0.3, -0.25) is 4.79 Å². The van der Waals surface area contributed by atoms with Crippen LogP contribution in [0.25, 0.3) is 5.57 Å². The Morgan fingerprint density at radius 1 is 1.20 bits per heavy atom. The van der Waals surface area contributed by atoms with Crippen molar-refractivity contribution in [2.24, 2.45) is 0 Å². The van der Waals surface area contributed by atoms with Gasteiger partial charge in [0.15, 0.2) is 5.78 Å². The van der Waals surface area contributed by atoms with Crippen LogP contribution in [0.2, 0.25) is 0 Å². The summed E-state index contributed by atoms with van der Waals surface area (Å²) in [5.41, 5.74) is 5.23. The van der Waals surface area contributed by atoms with Crippen LogP contribution in [0, 0.1) is 5.41 Å². The molecule has 0 bridgehead atoms. The molecule has 1 atom stereocenters. The quantitative estimate of drug-likeness (QED) is 0.594. The van der Waals surface area contributed by atoms with Crippen LogP contribution in [-0.2, 0) is 6.42 Å². The van der Waals surface area contributed by atoms with Crippen molar-refractivity contribution in [2.75, 3.05) is 6.61 Å². The Bertz CT molecular complexity index is 818. The highest BCUT2D eigenvalue weighted by Crippen LogP contribution is 2.30. The minimum atomic E-state index is 0.157. The molecule has 1 aliphatic heterocycles. The number of benzene rings is 2. The maximum Gasteiger partial charge on any atom is 0.163 e. The summed E-state index contributed by atoms with van der Waals surface area (Å²) in [6.07, 6.45) is 4.47. The van der Waals surface area contributed by atoms with Crippen LogP contribution in [0.15, 0.2) is 48.5 Å². The summed E-state index contributed by atoms with van der Waals surface area (Å²) in [6.45, 7) is 4.81. The van der Waals surface area contributed by atoms with Crippen LogP contribution in [0.5, 0.6) is 5.75 Å². The van der Waals surface area contributed by atoms with E-state index in [0.717, 1.165) is 35.5 Å². The zero-order valence-electron chi connectivity index (χ0n) is 14.7. The van der Waals surface area contributed by atoms with Gasteiger partial charge in [0.1, 0.15) is 5.75 Å². The van der Waals surface area contributed by atoms with E-state index < -0.39 is 0 Å². The van der Waals surface area contributed by atoms with Crippen LogP contribution in [0.1, 0.15) is 53.2 Å². The number of rotatable bonds is 6. The summed E-state index contributed by atoms with van der Waals surface area (Å²) >= 11 is 0. The average Bonchev–Trinajstić information content (AvgIpc) is 3.09. The van der Waals surface area contributed by atoms with Gasteiger partial charge < -0.3 is 10.1 Å². The number of ketones is 1. The van der Waals surface area contributed by atoms with E-state index in [0.29, 0.717) is 6.42 Å². The zero-order chi connectivity index (χ0) is 17.8. The van der Waals surface area contributed by atoms with Gasteiger partial charge in [-0.15, -0.1) is 0 Å². The van der Waals surface area contributed by atoms with Crippen molar-refractivity contribution in [1.82, 2.24) is 0 Å². The zero-order valence-corrected chi connectivity index (χ0v) is 14.7. The third-order valence-corrected chi connectivity index (χ3v) is 4.77. The fourth-order valence-corrected chi connectivity index (χ4v) is 3.17. The molecule has 3 rings (SSSR count). The summed E-state index contributed by atoms with van der Waals surface area (Å²) in [4.78, 5) is 12.6. The van der Waals surface area contributed by atoms with Gasteiger partial charge >= 0.3 is 0 Å². The number of allylic oxidation sites excluding steroid dienone is 2. The Balaban J connectivity index is 1.69. The molecule has 0 radical (unpaired) electrons. The lowest BCUT2D eigenvalue weighted by Crippen LogP contribution is -2.05. The van der Waals surface area contributed by atoms with Gasteiger partial charge in [0, 0.05) is 24.6 Å². The van der Waals surface area contributed by atoms with Crippen LogP contribution in [0.4, 0.5) is 0 Å². The Labute approximate surface area is 148 Å². The lowest BCUT2D eigenvalue weighted by Gasteiger charge is -2.13. The first kappa shape index (κ1) is 17.2. The molecule has 2 aromatic carbocycles. The van der Waals surface area contributed by atoms with Gasteiger partial charge in [-0.25, -0.2) is 0 Å². The second-order valence-corrected chi connectivity index (χ2v) is 6.59. The van der Waals surface area contributed by atoms with Crippen molar-refractivity contribution in [3.63, 3.8) is 0 Å². The second kappa shape index (κ2) is 7.47. The molecule has 3 nitrogen and oxygen atoms in total. The van der Waals surface area contributed by atoms with E-state index in [1.165, 1.54) is 17.3 Å². The van der Waals surface area contributed by atoms with E-state index >= 15 is 0 Å². The highest BCUT2D eigenvalue weighted by molar-refractivity contribution is 5.97. The van der Waals surface area contributed by atoms with E-state index in [-0.39, 0.29) is 11.7 Å². The summed E-state index contributed by atoms with van der Waals surface area (Å²) in [7, 11) is 0. The highest BCUT2D eigenvalue weighted by Gasteiger charge is 2.17. The predicted molar refractivity (Wildman–Crippen MR) is 102 cm³/mol. The molecule has 25 heavy (non-hydrogen) atoms. The third-order valence-electron chi connectivity index (χ3n) is 4.77. The molecule has 0 aromatic heterocycles. The van der Waals surface area contributed by atoms with Crippen LogP contribution >= 0.6 is 0 Å². The van der Waals surface area contributed by atoms with E-state index in [1.807, 2.05) is 37.3 Å². The van der Waals surface area contributed by atoms with Crippen molar-refractivity contribution < 1.29 is 9.53 Å². The molecule has 2 aromatic rings. The molecular formula is C22H23NO2. The Hall–Kier alpha value is -2.68. The molecule has 1 unspecified atom stereocenters. The van der Waals surface area contributed by atoms with Crippen molar-refractivity contribution in [3.05, 3.63) is 70.8 Å². The Morgan fingerprint density at radius 3 is 2.64 bits per heavy atom. The van der Waals surface area contributed by atoms with Crippen LogP contribution < -0.4 is 4.74 Å². The van der Waals surface area contributed by atoms with Crippen molar-refractivity contribution in [1.29, 1.82) is 5.41 Å².